The summed E-state index contributed by atoms with van der Waals surface area (Å²) in [6, 6.07) is 4.54. The SMILES string of the molecule is CCC(CC)C(=O)NCCNC(=O)c1ccc2c(c1)C(=O)N(CC(C)C)C2=O. The van der Waals surface area contributed by atoms with Gasteiger partial charge in [-0.15, -0.1) is 0 Å². The number of imide groups is 1. The maximum Gasteiger partial charge on any atom is 0.261 e. The van der Waals surface area contributed by atoms with Crippen LogP contribution in [-0.2, 0) is 4.79 Å². The third-order valence-corrected chi connectivity index (χ3v) is 4.85. The molecule has 1 aromatic carbocycles. The molecule has 7 heteroatoms. The first-order valence-electron chi connectivity index (χ1n) is 9.86. The highest BCUT2D eigenvalue weighted by Crippen LogP contribution is 2.24. The minimum Gasteiger partial charge on any atom is -0.354 e. The van der Waals surface area contributed by atoms with Gasteiger partial charge in [-0.25, -0.2) is 0 Å². The van der Waals surface area contributed by atoms with Gasteiger partial charge < -0.3 is 10.6 Å². The summed E-state index contributed by atoms with van der Waals surface area (Å²) in [7, 11) is 0. The van der Waals surface area contributed by atoms with Crippen LogP contribution in [-0.4, -0.2) is 48.2 Å². The van der Waals surface area contributed by atoms with E-state index in [4.69, 9.17) is 0 Å². The fraction of sp³-hybridized carbons (Fsp3) is 0.524. The van der Waals surface area contributed by atoms with Gasteiger partial charge in [0.2, 0.25) is 5.91 Å². The van der Waals surface area contributed by atoms with E-state index in [1.165, 1.54) is 17.0 Å². The standard InChI is InChI=1S/C21H29N3O4/c1-5-14(6-2)18(25)22-9-10-23-19(26)15-7-8-16-17(11-15)21(28)24(20(16)27)12-13(3)4/h7-8,11,13-14H,5-6,9-10,12H2,1-4H3,(H,22,25)(H,23,26). The van der Waals surface area contributed by atoms with Crippen LogP contribution in [0.4, 0.5) is 0 Å². The lowest BCUT2D eigenvalue weighted by Crippen LogP contribution is -2.37. The van der Waals surface area contributed by atoms with E-state index in [9.17, 15) is 19.2 Å². The molecule has 0 aromatic heterocycles. The average molecular weight is 387 g/mol. The second kappa shape index (κ2) is 9.48. The van der Waals surface area contributed by atoms with Crippen molar-refractivity contribution in [2.24, 2.45) is 11.8 Å². The molecule has 1 aromatic rings. The van der Waals surface area contributed by atoms with E-state index in [1.54, 1.807) is 6.07 Å². The summed E-state index contributed by atoms with van der Waals surface area (Å²) in [5.74, 6) is -0.871. The highest BCUT2D eigenvalue weighted by atomic mass is 16.2. The molecular formula is C21H29N3O4. The second-order valence-electron chi connectivity index (χ2n) is 7.44. The van der Waals surface area contributed by atoms with Crippen molar-refractivity contribution in [1.29, 1.82) is 0 Å². The lowest BCUT2D eigenvalue weighted by molar-refractivity contribution is -0.125. The molecule has 4 amide bonds. The zero-order valence-corrected chi connectivity index (χ0v) is 17.0. The largest absolute Gasteiger partial charge is 0.354 e. The molecule has 1 heterocycles. The second-order valence-corrected chi connectivity index (χ2v) is 7.44. The van der Waals surface area contributed by atoms with Gasteiger partial charge in [0.1, 0.15) is 0 Å². The van der Waals surface area contributed by atoms with Crippen LogP contribution in [0.5, 0.6) is 0 Å². The molecule has 0 radical (unpaired) electrons. The lowest BCUT2D eigenvalue weighted by atomic mass is 10.0. The summed E-state index contributed by atoms with van der Waals surface area (Å²) in [6.45, 7) is 8.79. The number of benzene rings is 1. The van der Waals surface area contributed by atoms with Crippen LogP contribution in [0.15, 0.2) is 18.2 Å². The van der Waals surface area contributed by atoms with Gasteiger partial charge in [0, 0.05) is 31.1 Å². The average Bonchev–Trinajstić information content (AvgIpc) is 2.90. The monoisotopic (exact) mass is 387 g/mol. The maximum absolute atomic E-state index is 12.5. The van der Waals surface area contributed by atoms with Crippen molar-refractivity contribution in [3.8, 4) is 0 Å². The Hall–Kier alpha value is -2.70. The summed E-state index contributed by atoms with van der Waals surface area (Å²) >= 11 is 0. The van der Waals surface area contributed by atoms with Gasteiger partial charge in [0.05, 0.1) is 11.1 Å². The van der Waals surface area contributed by atoms with Gasteiger partial charge in [0.15, 0.2) is 0 Å². The number of nitrogens with zero attached hydrogens (tertiary/aromatic N) is 1. The van der Waals surface area contributed by atoms with Crippen molar-refractivity contribution in [3.05, 3.63) is 34.9 Å². The summed E-state index contributed by atoms with van der Waals surface area (Å²) in [5, 5.41) is 5.54. The van der Waals surface area contributed by atoms with E-state index in [0.717, 1.165) is 12.8 Å². The van der Waals surface area contributed by atoms with Crippen molar-refractivity contribution in [2.45, 2.75) is 40.5 Å². The summed E-state index contributed by atoms with van der Waals surface area (Å²) in [4.78, 5) is 50.4. The number of fused-ring (bicyclic) bond motifs is 1. The first-order chi connectivity index (χ1) is 13.3. The smallest absolute Gasteiger partial charge is 0.261 e. The Morgan fingerprint density at radius 1 is 0.964 bits per heavy atom. The molecule has 2 N–H and O–H groups in total. The highest BCUT2D eigenvalue weighted by molar-refractivity contribution is 6.22. The Balaban J connectivity index is 1.95. The van der Waals surface area contributed by atoms with Gasteiger partial charge >= 0.3 is 0 Å². The number of hydrogen-bond donors (Lipinski definition) is 2. The Bertz CT molecular complexity index is 769. The minimum atomic E-state index is -0.360. The van der Waals surface area contributed by atoms with Crippen LogP contribution in [0.25, 0.3) is 0 Å². The predicted octanol–water partition coefficient (Wildman–Crippen LogP) is 2.22. The molecule has 1 aliphatic rings. The molecule has 2 rings (SSSR count). The van der Waals surface area contributed by atoms with Gasteiger partial charge in [0.25, 0.3) is 17.7 Å². The van der Waals surface area contributed by atoms with Gasteiger partial charge in [-0.3, -0.25) is 24.1 Å². The quantitative estimate of drug-likeness (QED) is 0.502. The van der Waals surface area contributed by atoms with Crippen molar-refractivity contribution < 1.29 is 19.2 Å². The van der Waals surface area contributed by atoms with Crippen LogP contribution < -0.4 is 10.6 Å². The molecule has 28 heavy (non-hydrogen) atoms. The normalized spacial score (nSPS) is 13.3. The molecule has 0 bridgehead atoms. The number of amides is 4. The molecule has 7 nitrogen and oxygen atoms in total. The van der Waals surface area contributed by atoms with Crippen molar-refractivity contribution >= 4 is 23.6 Å². The Kier molecular flexibility index (Phi) is 7.31. The molecule has 0 fully saturated rings. The van der Waals surface area contributed by atoms with Crippen LogP contribution >= 0.6 is 0 Å². The number of nitrogens with one attached hydrogen (secondary N) is 2. The Morgan fingerprint density at radius 3 is 2.18 bits per heavy atom. The van der Waals surface area contributed by atoms with E-state index in [2.05, 4.69) is 10.6 Å². The summed E-state index contributed by atoms with van der Waals surface area (Å²) in [5.41, 5.74) is 0.914. The van der Waals surface area contributed by atoms with Gasteiger partial charge in [-0.1, -0.05) is 27.7 Å². The summed E-state index contributed by atoms with van der Waals surface area (Å²) < 4.78 is 0. The first-order valence-corrected chi connectivity index (χ1v) is 9.86. The topological polar surface area (TPSA) is 95.6 Å². The number of rotatable bonds is 9. The van der Waals surface area contributed by atoms with Crippen LogP contribution in [0.1, 0.15) is 71.6 Å². The zero-order valence-electron chi connectivity index (χ0n) is 17.0. The molecule has 0 atom stereocenters. The van der Waals surface area contributed by atoms with E-state index in [1.807, 2.05) is 27.7 Å². The van der Waals surface area contributed by atoms with Crippen LogP contribution in [0, 0.1) is 11.8 Å². The van der Waals surface area contributed by atoms with E-state index in [0.29, 0.717) is 24.2 Å². The van der Waals surface area contributed by atoms with E-state index < -0.39 is 0 Å². The molecular weight excluding hydrogens is 358 g/mol. The first kappa shape index (κ1) is 21.6. The number of hydrogen-bond acceptors (Lipinski definition) is 4. The molecule has 0 unspecified atom stereocenters. The van der Waals surface area contributed by atoms with Crippen LogP contribution in [0.3, 0.4) is 0 Å². The van der Waals surface area contributed by atoms with E-state index >= 15 is 0 Å². The highest BCUT2D eigenvalue weighted by Gasteiger charge is 2.36. The molecule has 0 saturated carbocycles. The fourth-order valence-electron chi connectivity index (χ4n) is 3.23. The van der Waals surface area contributed by atoms with Crippen molar-refractivity contribution in [1.82, 2.24) is 15.5 Å². The zero-order chi connectivity index (χ0) is 20.8. The third-order valence-electron chi connectivity index (χ3n) is 4.85. The fourth-order valence-corrected chi connectivity index (χ4v) is 3.23. The minimum absolute atomic E-state index is 0.00821. The summed E-state index contributed by atoms with van der Waals surface area (Å²) in [6.07, 6.45) is 1.56. The number of carbonyl (C=O) groups excluding carboxylic acids is 4. The Labute approximate surface area is 165 Å². The molecule has 0 spiro atoms. The van der Waals surface area contributed by atoms with Crippen LogP contribution in [0.2, 0.25) is 0 Å². The third kappa shape index (κ3) is 4.77. The lowest BCUT2D eigenvalue weighted by Gasteiger charge is -2.15. The van der Waals surface area contributed by atoms with Crippen molar-refractivity contribution in [3.63, 3.8) is 0 Å². The molecule has 152 valence electrons. The van der Waals surface area contributed by atoms with E-state index in [-0.39, 0.29) is 47.6 Å². The van der Waals surface area contributed by atoms with Crippen molar-refractivity contribution in [2.75, 3.05) is 19.6 Å². The number of carbonyl (C=O) groups is 4. The maximum atomic E-state index is 12.5. The van der Waals surface area contributed by atoms with Gasteiger partial charge in [-0.2, -0.15) is 0 Å². The molecule has 0 saturated heterocycles. The molecule has 1 aliphatic heterocycles. The van der Waals surface area contributed by atoms with Gasteiger partial charge in [-0.05, 0) is 37.0 Å². The predicted molar refractivity (Wildman–Crippen MR) is 106 cm³/mol. The molecule has 0 aliphatic carbocycles. The Morgan fingerprint density at radius 2 is 1.57 bits per heavy atom.